The third kappa shape index (κ3) is 6.21. The predicted octanol–water partition coefficient (Wildman–Crippen LogP) is 2.16. The standard InChI is InChI=1S/C18H26ClN3O3/c1-25-13-5-4-8-20-18(24)22-11-9-21(10-12-22)17(23)14-15-6-2-3-7-16(15)19/h2-3,6-7H,4-5,8-14H2,1H3,(H,20,24). The van der Waals surface area contributed by atoms with Gasteiger partial charge in [0.15, 0.2) is 0 Å². The summed E-state index contributed by atoms with van der Waals surface area (Å²) in [5, 5.41) is 3.53. The molecular formula is C18H26ClN3O3. The fourth-order valence-electron chi connectivity index (χ4n) is 2.75. The lowest BCUT2D eigenvalue weighted by molar-refractivity contribution is -0.131. The molecule has 1 fully saturated rings. The number of hydrogen-bond donors (Lipinski definition) is 1. The molecule has 0 aromatic heterocycles. The summed E-state index contributed by atoms with van der Waals surface area (Å²) in [4.78, 5) is 28.1. The van der Waals surface area contributed by atoms with Gasteiger partial charge in [-0.1, -0.05) is 29.8 Å². The molecule has 1 aromatic rings. The highest BCUT2D eigenvalue weighted by Crippen LogP contribution is 2.16. The van der Waals surface area contributed by atoms with Crippen molar-refractivity contribution < 1.29 is 14.3 Å². The van der Waals surface area contributed by atoms with E-state index in [9.17, 15) is 9.59 Å². The molecule has 1 aliphatic heterocycles. The summed E-state index contributed by atoms with van der Waals surface area (Å²) in [6, 6.07) is 7.33. The van der Waals surface area contributed by atoms with Gasteiger partial charge in [-0.15, -0.1) is 0 Å². The molecule has 0 atom stereocenters. The molecule has 0 radical (unpaired) electrons. The van der Waals surface area contributed by atoms with Crippen molar-refractivity contribution in [3.8, 4) is 0 Å². The van der Waals surface area contributed by atoms with E-state index in [1.54, 1.807) is 23.0 Å². The molecule has 6 nitrogen and oxygen atoms in total. The normalized spacial score (nSPS) is 14.5. The minimum absolute atomic E-state index is 0.0488. The monoisotopic (exact) mass is 367 g/mol. The van der Waals surface area contributed by atoms with Crippen LogP contribution in [0.1, 0.15) is 18.4 Å². The van der Waals surface area contributed by atoms with Crippen LogP contribution in [0.25, 0.3) is 0 Å². The number of ether oxygens (including phenoxy) is 1. The van der Waals surface area contributed by atoms with Crippen molar-refractivity contribution in [1.29, 1.82) is 0 Å². The number of benzene rings is 1. The maximum Gasteiger partial charge on any atom is 0.317 e. The minimum atomic E-state index is -0.0596. The Kier molecular flexibility index (Phi) is 8.01. The highest BCUT2D eigenvalue weighted by atomic mass is 35.5. The summed E-state index contributed by atoms with van der Waals surface area (Å²) in [5.41, 5.74) is 0.838. The van der Waals surface area contributed by atoms with Crippen LogP contribution < -0.4 is 5.32 Å². The molecular weight excluding hydrogens is 342 g/mol. The summed E-state index contributed by atoms with van der Waals surface area (Å²) in [6.07, 6.45) is 2.13. The molecule has 1 heterocycles. The Balaban J connectivity index is 1.71. The van der Waals surface area contributed by atoms with Gasteiger partial charge < -0.3 is 19.9 Å². The topological polar surface area (TPSA) is 61.9 Å². The Bertz CT molecular complexity index is 574. The van der Waals surface area contributed by atoms with E-state index in [0.717, 1.165) is 18.4 Å². The summed E-state index contributed by atoms with van der Waals surface area (Å²) < 4.78 is 4.98. The molecule has 0 bridgehead atoms. The Labute approximate surface area is 154 Å². The van der Waals surface area contributed by atoms with Crippen molar-refractivity contribution in [2.45, 2.75) is 19.3 Å². The SMILES string of the molecule is COCCCCNC(=O)N1CCN(C(=O)Cc2ccccc2Cl)CC1. The quantitative estimate of drug-likeness (QED) is 0.751. The largest absolute Gasteiger partial charge is 0.385 e. The Hall–Kier alpha value is -1.79. The van der Waals surface area contributed by atoms with Crippen LogP contribution in [-0.2, 0) is 16.0 Å². The summed E-state index contributed by atoms with van der Waals surface area (Å²) in [5.74, 6) is 0.0488. The average Bonchev–Trinajstić information content (AvgIpc) is 2.63. The lowest BCUT2D eigenvalue weighted by atomic mass is 10.1. The molecule has 2 rings (SSSR count). The molecule has 1 aliphatic rings. The smallest absolute Gasteiger partial charge is 0.317 e. The van der Waals surface area contributed by atoms with Crippen LogP contribution >= 0.6 is 11.6 Å². The Morgan fingerprint density at radius 2 is 1.80 bits per heavy atom. The number of unbranched alkanes of at least 4 members (excludes halogenated alkanes) is 1. The van der Waals surface area contributed by atoms with E-state index in [0.29, 0.717) is 50.8 Å². The Morgan fingerprint density at radius 3 is 2.48 bits per heavy atom. The lowest BCUT2D eigenvalue weighted by Gasteiger charge is -2.34. The third-order valence-electron chi connectivity index (χ3n) is 4.27. The number of hydrogen-bond acceptors (Lipinski definition) is 3. The molecule has 0 saturated carbocycles. The lowest BCUT2D eigenvalue weighted by Crippen LogP contribution is -2.53. The molecule has 7 heteroatoms. The first-order valence-corrected chi connectivity index (χ1v) is 9.02. The van der Waals surface area contributed by atoms with Gasteiger partial charge >= 0.3 is 6.03 Å². The Morgan fingerprint density at radius 1 is 1.12 bits per heavy atom. The second-order valence-corrected chi connectivity index (χ2v) is 6.48. The maximum absolute atomic E-state index is 12.4. The number of carbonyl (C=O) groups excluding carboxylic acids is 2. The third-order valence-corrected chi connectivity index (χ3v) is 4.64. The van der Waals surface area contributed by atoms with E-state index in [-0.39, 0.29) is 11.9 Å². The van der Waals surface area contributed by atoms with E-state index in [1.165, 1.54) is 0 Å². The second kappa shape index (κ2) is 10.3. The molecule has 3 amide bonds. The van der Waals surface area contributed by atoms with Gasteiger partial charge in [0.1, 0.15) is 0 Å². The van der Waals surface area contributed by atoms with Crippen LogP contribution in [0.15, 0.2) is 24.3 Å². The number of carbonyl (C=O) groups is 2. The van der Waals surface area contributed by atoms with E-state index < -0.39 is 0 Å². The van der Waals surface area contributed by atoms with E-state index in [1.807, 2.05) is 18.2 Å². The fourth-order valence-corrected chi connectivity index (χ4v) is 2.96. The molecule has 1 saturated heterocycles. The first kappa shape index (κ1) is 19.5. The number of amides is 3. The van der Waals surface area contributed by atoms with Gasteiger partial charge in [0, 0.05) is 51.5 Å². The molecule has 1 N–H and O–H groups in total. The van der Waals surface area contributed by atoms with Gasteiger partial charge in [-0.05, 0) is 24.5 Å². The van der Waals surface area contributed by atoms with Crippen LogP contribution in [0.4, 0.5) is 4.79 Å². The minimum Gasteiger partial charge on any atom is -0.385 e. The van der Waals surface area contributed by atoms with Crippen LogP contribution in [0.2, 0.25) is 5.02 Å². The van der Waals surface area contributed by atoms with Crippen molar-refractivity contribution in [3.05, 3.63) is 34.9 Å². The van der Waals surface area contributed by atoms with E-state index in [2.05, 4.69) is 5.32 Å². The van der Waals surface area contributed by atoms with Crippen molar-refractivity contribution in [1.82, 2.24) is 15.1 Å². The van der Waals surface area contributed by atoms with Crippen LogP contribution in [0.3, 0.4) is 0 Å². The number of methoxy groups -OCH3 is 1. The number of rotatable bonds is 7. The van der Waals surface area contributed by atoms with Crippen molar-refractivity contribution >= 4 is 23.5 Å². The summed E-state index contributed by atoms with van der Waals surface area (Å²) in [7, 11) is 1.67. The molecule has 25 heavy (non-hydrogen) atoms. The van der Waals surface area contributed by atoms with Gasteiger partial charge in [-0.3, -0.25) is 4.79 Å². The number of nitrogens with zero attached hydrogens (tertiary/aromatic N) is 2. The molecule has 0 unspecified atom stereocenters. The molecule has 0 aliphatic carbocycles. The van der Waals surface area contributed by atoms with Gasteiger partial charge in [-0.2, -0.15) is 0 Å². The number of halogens is 1. The van der Waals surface area contributed by atoms with Gasteiger partial charge in [0.25, 0.3) is 0 Å². The fraction of sp³-hybridized carbons (Fsp3) is 0.556. The zero-order valence-corrected chi connectivity index (χ0v) is 15.4. The molecule has 1 aromatic carbocycles. The van der Waals surface area contributed by atoms with Crippen molar-refractivity contribution in [2.24, 2.45) is 0 Å². The highest BCUT2D eigenvalue weighted by Gasteiger charge is 2.24. The van der Waals surface area contributed by atoms with E-state index in [4.69, 9.17) is 16.3 Å². The van der Waals surface area contributed by atoms with Crippen molar-refractivity contribution in [2.75, 3.05) is 46.4 Å². The van der Waals surface area contributed by atoms with Crippen LogP contribution in [-0.4, -0.2) is 68.2 Å². The maximum atomic E-state index is 12.4. The first-order chi connectivity index (χ1) is 12.1. The predicted molar refractivity (Wildman–Crippen MR) is 97.8 cm³/mol. The summed E-state index contributed by atoms with van der Waals surface area (Å²) in [6.45, 7) is 3.58. The van der Waals surface area contributed by atoms with Gasteiger partial charge in [-0.25, -0.2) is 4.79 Å². The first-order valence-electron chi connectivity index (χ1n) is 8.64. The number of nitrogens with one attached hydrogen (secondary N) is 1. The van der Waals surface area contributed by atoms with Crippen molar-refractivity contribution in [3.63, 3.8) is 0 Å². The highest BCUT2D eigenvalue weighted by molar-refractivity contribution is 6.31. The second-order valence-electron chi connectivity index (χ2n) is 6.07. The van der Waals surface area contributed by atoms with Gasteiger partial charge in [0.05, 0.1) is 6.42 Å². The summed E-state index contributed by atoms with van der Waals surface area (Å²) >= 11 is 6.11. The van der Waals surface area contributed by atoms with Crippen LogP contribution in [0, 0.1) is 0 Å². The average molecular weight is 368 g/mol. The molecule has 138 valence electrons. The van der Waals surface area contributed by atoms with Gasteiger partial charge in [0.2, 0.25) is 5.91 Å². The number of urea groups is 1. The zero-order chi connectivity index (χ0) is 18.1. The van der Waals surface area contributed by atoms with E-state index >= 15 is 0 Å². The van der Waals surface area contributed by atoms with Crippen LogP contribution in [0.5, 0.6) is 0 Å². The zero-order valence-electron chi connectivity index (χ0n) is 14.7. The number of piperazine rings is 1. The molecule has 0 spiro atoms.